The van der Waals surface area contributed by atoms with Crippen LogP contribution in [0.5, 0.6) is 0 Å². The third kappa shape index (κ3) is 6.71. The van der Waals surface area contributed by atoms with Gasteiger partial charge in [0.1, 0.15) is 0 Å². The molecule has 6 heteroatoms. The number of rotatable bonds is 4. The Morgan fingerprint density at radius 3 is 1.44 bits per heavy atom. The summed E-state index contributed by atoms with van der Waals surface area (Å²) >= 11 is 0. The predicted molar refractivity (Wildman–Crippen MR) is 365 cm³/mol. The molecule has 0 aliphatic carbocycles. The first-order valence-corrected chi connectivity index (χ1v) is 30.8. The topological polar surface area (TPSA) is 23.0 Å². The lowest BCUT2D eigenvalue weighted by Crippen LogP contribution is -2.66. The Kier molecular flexibility index (Phi) is 10.0. The molecule has 0 amide bonds. The van der Waals surface area contributed by atoms with Crippen LogP contribution in [-0.4, -0.2) is 30.5 Å². The Labute approximate surface area is 498 Å². The van der Waals surface area contributed by atoms with Gasteiger partial charge in [-0.25, -0.2) is 0 Å². The molecule has 85 heavy (non-hydrogen) atoms. The van der Waals surface area contributed by atoms with Gasteiger partial charge in [0, 0.05) is 77.0 Å². The highest BCUT2D eigenvalue weighted by Crippen LogP contribution is 2.52. The van der Waals surface area contributed by atoms with Gasteiger partial charge in [-0.15, -0.1) is 6.58 Å². The van der Waals surface area contributed by atoms with Crippen molar-refractivity contribution < 1.29 is 0 Å². The van der Waals surface area contributed by atoms with E-state index in [0.29, 0.717) is 0 Å². The van der Waals surface area contributed by atoms with E-state index in [-0.39, 0.29) is 28.9 Å². The smallest absolute Gasteiger partial charge is 0.252 e. The molecule has 3 aliphatic heterocycles. The molecule has 0 bridgehead atoms. The third-order valence-corrected chi connectivity index (χ3v) is 20.5. The highest BCUT2D eigenvalue weighted by molar-refractivity contribution is 7.00. The van der Waals surface area contributed by atoms with E-state index in [1.54, 1.807) is 0 Å². The Balaban J connectivity index is 1.01. The summed E-state index contributed by atoms with van der Waals surface area (Å²) in [6, 6.07) is 72.7. The minimum Gasteiger partial charge on any atom is -0.332 e. The van der Waals surface area contributed by atoms with Gasteiger partial charge in [0.2, 0.25) is 0 Å². The summed E-state index contributed by atoms with van der Waals surface area (Å²) in [5.41, 5.74) is 26.1. The first kappa shape index (κ1) is 50.5. The van der Waals surface area contributed by atoms with E-state index in [1.807, 2.05) is 0 Å². The van der Waals surface area contributed by atoms with Crippen molar-refractivity contribution in [3.8, 4) is 22.7 Å². The second-order valence-corrected chi connectivity index (χ2v) is 28.5. The molecule has 3 aliphatic rings. The lowest BCUT2D eigenvalue weighted by atomic mass is 9.33. The van der Waals surface area contributed by atoms with Crippen LogP contribution in [0.4, 0.5) is 11.4 Å². The molecule has 0 radical (unpaired) electrons. The van der Waals surface area contributed by atoms with Crippen molar-refractivity contribution in [1.82, 2.24) is 18.3 Å². The number of hydrogen-bond acceptors (Lipinski definition) is 1. The van der Waals surface area contributed by atoms with Gasteiger partial charge in [0.05, 0.1) is 49.8 Å². The molecule has 0 N–H and O–H groups in total. The fourth-order valence-corrected chi connectivity index (χ4v) is 15.9. The Morgan fingerprint density at radius 1 is 0.424 bits per heavy atom. The van der Waals surface area contributed by atoms with Crippen molar-refractivity contribution in [2.75, 3.05) is 4.90 Å². The Morgan fingerprint density at radius 2 is 0.882 bits per heavy atom. The lowest BCUT2D eigenvalue weighted by molar-refractivity contribution is 0.364. The number of para-hydroxylation sites is 4. The van der Waals surface area contributed by atoms with Crippen LogP contribution in [0, 0.1) is 5.92 Å². The molecule has 1 unspecified atom stereocenters. The zero-order chi connectivity index (χ0) is 58.1. The van der Waals surface area contributed by atoms with Gasteiger partial charge in [0.15, 0.2) is 0 Å². The largest absolute Gasteiger partial charge is 0.332 e. The molecule has 10 aromatic carbocycles. The zero-order valence-corrected chi connectivity index (χ0v) is 50.8. The van der Waals surface area contributed by atoms with Gasteiger partial charge >= 0.3 is 0 Å². The summed E-state index contributed by atoms with van der Waals surface area (Å²) in [5.74, 6) is 0.277. The van der Waals surface area contributed by atoms with Crippen molar-refractivity contribution in [2.24, 2.45) is 5.92 Å². The van der Waals surface area contributed by atoms with Crippen LogP contribution in [0.1, 0.15) is 98.4 Å². The molecule has 14 aromatic rings. The van der Waals surface area contributed by atoms with Crippen molar-refractivity contribution >= 4 is 122 Å². The SMILES string of the molecule is C=CC1(C)[C@@H](C)Cc2cc(C(C)(C)C)cc3c2N1c1cc(-n2c4ccccc4c4ccc5c6ccccc6n(-c6ccc(-n7c8ccccc8c8ccccc87)cc6)c5c42)cc2c1B3c1cc(C(C)(C)C)cc3c4cc(C(C)(C)C)ccc4n-2c13. The number of benzene rings is 10. The summed E-state index contributed by atoms with van der Waals surface area (Å²) in [4.78, 5) is 2.77. The fraction of sp³-hybridized carbons (Fsp3) is 0.215. The van der Waals surface area contributed by atoms with E-state index in [4.69, 9.17) is 6.58 Å². The Hall–Kier alpha value is -9.00. The Bertz CT molecular complexity index is 5230. The molecule has 0 fully saturated rings. The molecule has 414 valence electrons. The van der Waals surface area contributed by atoms with Crippen LogP contribution in [0.2, 0.25) is 0 Å². The van der Waals surface area contributed by atoms with Crippen molar-refractivity contribution in [3.63, 3.8) is 0 Å². The summed E-state index contributed by atoms with van der Waals surface area (Å²) in [6.07, 6.45) is 3.24. The summed E-state index contributed by atoms with van der Waals surface area (Å²) in [5, 5.41) is 10.1. The molecular weight excluding hydrogens is 1030 g/mol. The van der Waals surface area contributed by atoms with Crippen molar-refractivity contribution in [1.29, 1.82) is 0 Å². The predicted octanol–water partition coefficient (Wildman–Crippen LogP) is 18.4. The summed E-state index contributed by atoms with van der Waals surface area (Å²) in [7, 11) is 0. The zero-order valence-electron chi connectivity index (χ0n) is 50.8. The highest BCUT2D eigenvalue weighted by atomic mass is 15.2. The fourth-order valence-electron chi connectivity index (χ4n) is 15.9. The number of nitrogens with zero attached hydrogens (tertiary/aromatic N) is 5. The number of anilines is 2. The van der Waals surface area contributed by atoms with Crippen LogP contribution < -0.4 is 21.3 Å². The first-order valence-electron chi connectivity index (χ1n) is 30.8. The monoisotopic (exact) mass is 1100 g/mol. The minimum absolute atomic E-state index is 0.0181. The maximum absolute atomic E-state index is 4.74. The van der Waals surface area contributed by atoms with Gasteiger partial charge in [-0.05, 0) is 153 Å². The standard InChI is InChI=1S/C79H70BN5/c1-13-79(12)46(2)38-47-39-49(77(6,7)8)42-62-72(47)85(79)70-45-53(44-69-71(70)80(62)63-43-50(78(9,10)11)41-61-60-40-48(76(3,4)5)30-37-68(60)84(69)73(61)63)83-67-29-21-17-25-57(67)59-36-35-58-56-24-16-20-28-66(56)82(74(58)75(59)83)52-33-31-51(32-34-52)81-64-26-18-14-22-54(64)55-23-15-19-27-65(55)81/h13-37,39-46H,1,38H2,2-12H3/t46-,79?/m0/s1. The van der Waals surface area contributed by atoms with E-state index in [2.05, 4.69) is 293 Å². The van der Waals surface area contributed by atoms with Crippen LogP contribution in [0.3, 0.4) is 0 Å². The van der Waals surface area contributed by atoms with Crippen LogP contribution in [0.15, 0.2) is 201 Å². The molecule has 4 aromatic heterocycles. The second kappa shape index (κ2) is 16.9. The molecule has 5 nitrogen and oxygen atoms in total. The van der Waals surface area contributed by atoms with Gasteiger partial charge in [-0.2, -0.15) is 0 Å². The minimum atomic E-state index is -0.405. The average molecular weight is 1100 g/mol. The van der Waals surface area contributed by atoms with Crippen molar-refractivity contribution in [2.45, 2.75) is 104 Å². The van der Waals surface area contributed by atoms with Crippen LogP contribution in [-0.2, 0) is 22.7 Å². The van der Waals surface area contributed by atoms with E-state index in [1.165, 1.54) is 143 Å². The third-order valence-electron chi connectivity index (χ3n) is 20.5. The number of aromatic nitrogens is 4. The van der Waals surface area contributed by atoms with E-state index in [0.717, 1.165) is 23.5 Å². The van der Waals surface area contributed by atoms with Crippen molar-refractivity contribution in [3.05, 3.63) is 223 Å². The lowest BCUT2D eigenvalue weighted by Gasteiger charge is -2.54. The van der Waals surface area contributed by atoms with E-state index in [9.17, 15) is 0 Å². The number of hydrogen-bond donors (Lipinski definition) is 0. The van der Waals surface area contributed by atoms with Crippen LogP contribution in [0.25, 0.3) is 110 Å². The normalized spacial score (nSPS) is 16.8. The van der Waals surface area contributed by atoms with Gasteiger partial charge in [-0.3, -0.25) is 0 Å². The summed E-state index contributed by atoms with van der Waals surface area (Å²) in [6.45, 7) is 31.0. The molecule has 0 saturated carbocycles. The maximum atomic E-state index is 4.74. The average Bonchev–Trinajstić information content (AvgIpc) is 1.73. The second-order valence-electron chi connectivity index (χ2n) is 28.5. The van der Waals surface area contributed by atoms with Gasteiger partial charge in [-0.1, -0.05) is 185 Å². The maximum Gasteiger partial charge on any atom is 0.252 e. The molecule has 2 atom stereocenters. The summed E-state index contributed by atoms with van der Waals surface area (Å²) < 4.78 is 10.3. The molecule has 0 saturated heterocycles. The number of fused-ring (bicyclic) bond motifs is 17. The van der Waals surface area contributed by atoms with E-state index < -0.39 is 5.54 Å². The quantitative estimate of drug-likeness (QED) is 0.127. The van der Waals surface area contributed by atoms with Crippen LogP contribution >= 0.6 is 0 Å². The molecule has 0 spiro atoms. The first-order chi connectivity index (χ1) is 40.8. The van der Waals surface area contributed by atoms with Gasteiger partial charge < -0.3 is 23.2 Å². The van der Waals surface area contributed by atoms with E-state index >= 15 is 0 Å². The molecular formula is C79H70BN5. The molecule has 17 rings (SSSR count). The molecule has 7 heterocycles. The van der Waals surface area contributed by atoms with Gasteiger partial charge in [0.25, 0.3) is 6.71 Å². The highest BCUT2D eigenvalue weighted by Gasteiger charge is 2.51.